The Labute approximate surface area is 153 Å². The molecule has 2 fully saturated rings. The van der Waals surface area contributed by atoms with Gasteiger partial charge in [0.1, 0.15) is 0 Å². The highest BCUT2D eigenvalue weighted by molar-refractivity contribution is 5.94. The van der Waals surface area contributed by atoms with E-state index in [1.54, 1.807) is 6.20 Å². The third-order valence-corrected chi connectivity index (χ3v) is 5.24. The van der Waals surface area contributed by atoms with Gasteiger partial charge in [0.15, 0.2) is 0 Å². The van der Waals surface area contributed by atoms with Crippen LogP contribution in [-0.4, -0.2) is 47.2 Å². The van der Waals surface area contributed by atoms with Crippen LogP contribution in [-0.2, 0) is 16.1 Å². The van der Waals surface area contributed by atoms with Crippen LogP contribution in [0.25, 0.3) is 0 Å². The lowest BCUT2D eigenvalue weighted by atomic mass is 9.98. The molecular formula is C21H24N2O3. The van der Waals surface area contributed by atoms with Gasteiger partial charge in [0.05, 0.1) is 37.2 Å². The molecule has 3 heterocycles. The molecule has 26 heavy (non-hydrogen) atoms. The van der Waals surface area contributed by atoms with E-state index < -0.39 is 0 Å². The second-order valence-electron chi connectivity index (χ2n) is 7.30. The highest BCUT2D eigenvalue weighted by Crippen LogP contribution is 2.37. The van der Waals surface area contributed by atoms with Crippen LogP contribution >= 0.6 is 0 Å². The molecule has 1 spiro atoms. The predicted octanol–water partition coefficient (Wildman–Crippen LogP) is 2.98. The summed E-state index contributed by atoms with van der Waals surface area (Å²) in [5, 5.41) is 0. The maximum Gasteiger partial charge on any atom is 0.253 e. The number of amides is 1. The number of hydrogen-bond acceptors (Lipinski definition) is 4. The minimum absolute atomic E-state index is 0.0611. The van der Waals surface area contributed by atoms with Gasteiger partial charge in [-0.05, 0) is 37.6 Å². The molecule has 2 aliphatic rings. The Bertz CT molecular complexity index is 780. The van der Waals surface area contributed by atoms with Crippen molar-refractivity contribution >= 4 is 5.91 Å². The minimum atomic E-state index is -0.256. The van der Waals surface area contributed by atoms with Gasteiger partial charge < -0.3 is 14.4 Å². The highest BCUT2D eigenvalue weighted by Gasteiger charge is 2.47. The summed E-state index contributed by atoms with van der Waals surface area (Å²) < 4.78 is 12.1. The SMILES string of the molecule is Cc1cccc(C(=O)N2CC[C@]3(C[C@H](OCc4ccccn4)CO3)C2)c1. The molecule has 4 rings (SSSR count). The number of benzene rings is 1. The summed E-state index contributed by atoms with van der Waals surface area (Å²) in [5.74, 6) is 0.0898. The van der Waals surface area contributed by atoms with E-state index in [1.165, 1.54) is 0 Å². The van der Waals surface area contributed by atoms with E-state index >= 15 is 0 Å². The largest absolute Gasteiger partial charge is 0.370 e. The summed E-state index contributed by atoms with van der Waals surface area (Å²) in [5.41, 5.74) is 2.53. The first-order valence-electron chi connectivity index (χ1n) is 9.15. The Morgan fingerprint density at radius 3 is 3.08 bits per heavy atom. The average molecular weight is 352 g/mol. The van der Waals surface area contributed by atoms with Gasteiger partial charge in [-0.3, -0.25) is 9.78 Å². The lowest BCUT2D eigenvalue weighted by Crippen LogP contribution is -2.36. The fraction of sp³-hybridized carbons (Fsp3) is 0.429. The van der Waals surface area contributed by atoms with Crippen molar-refractivity contribution in [2.45, 2.75) is 38.1 Å². The number of pyridine rings is 1. The van der Waals surface area contributed by atoms with Crippen LogP contribution in [0.2, 0.25) is 0 Å². The molecule has 1 aromatic heterocycles. The van der Waals surface area contributed by atoms with E-state index in [2.05, 4.69) is 4.98 Å². The molecule has 0 radical (unpaired) electrons. The zero-order valence-electron chi connectivity index (χ0n) is 15.1. The van der Waals surface area contributed by atoms with Gasteiger partial charge in [0.2, 0.25) is 0 Å². The number of aryl methyl sites for hydroxylation is 1. The molecule has 0 unspecified atom stereocenters. The fourth-order valence-electron chi connectivity index (χ4n) is 3.86. The number of rotatable bonds is 4. The van der Waals surface area contributed by atoms with Crippen molar-refractivity contribution in [1.29, 1.82) is 0 Å². The maximum absolute atomic E-state index is 12.8. The molecular weight excluding hydrogens is 328 g/mol. The van der Waals surface area contributed by atoms with Crippen LogP contribution in [0.4, 0.5) is 0 Å². The second-order valence-corrected chi connectivity index (χ2v) is 7.30. The van der Waals surface area contributed by atoms with E-state index in [4.69, 9.17) is 9.47 Å². The first kappa shape index (κ1) is 17.2. The number of aromatic nitrogens is 1. The van der Waals surface area contributed by atoms with Crippen molar-refractivity contribution in [3.05, 3.63) is 65.5 Å². The topological polar surface area (TPSA) is 51.7 Å². The third kappa shape index (κ3) is 3.64. The van der Waals surface area contributed by atoms with Gasteiger partial charge in [-0.1, -0.05) is 23.8 Å². The van der Waals surface area contributed by atoms with Crippen molar-refractivity contribution in [2.75, 3.05) is 19.7 Å². The normalized spacial score (nSPS) is 25.1. The van der Waals surface area contributed by atoms with Crippen molar-refractivity contribution in [3.8, 4) is 0 Å². The van der Waals surface area contributed by atoms with Gasteiger partial charge in [-0.15, -0.1) is 0 Å². The highest BCUT2D eigenvalue weighted by atomic mass is 16.6. The number of likely N-dealkylation sites (tertiary alicyclic amines) is 1. The summed E-state index contributed by atoms with van der Waals surface area (Å²) in [6.07, 6.45) is 3.54. The smallest absolute Gasteiger partial charge is 0.253 e. The molecule has 2 atom stereocenters. The summed E-state index contributed by atoms with van der Waals surface area (Å²) in [4.78, 5) is 19.0. The van der Waals surface area contributed by atoms with Gasteiger partial charge in [0.25, 0.3) is 5.91 Å². The monoisotopic (exact) mass is 352 g/mol. The van der Waals surface area contributed by atoms with Crippen molar-refractivity contribution in [2.24, 2.45) is 0 Å². The minimum Gasteiger partial charge on any atom is -0.370 e. The number of hydrogen-bond donors (Lipinski definition) is 0. The second kappa shape index (κ2) is 7.17. The Hall–Kier alpha value is -2.24. The van der Waals surface area contributed by atoms with Crippen LogP contribution < -0.4 is 0 Å². The van der Waals surface area contributed by atoms with Crippen molar-refractivity contribution in [1.82, 2.24) is 9.88 Å². The average Bonchev–Trinajstić information content (AvgIpc) is 3.27. The maximum atomic E-state index is 12.8. The molecule has 0 aliphatic carbocycles. The van der Waals surface area contributed by atoms with Crippen molar-refractivity contribution < 1.29 is 14.3 Å². The molecule has 5 nitrogen and oxygen atoms in total. The van der Waals surface area contributed by atoms with Gasteiger partial charge in [-0.25, -0.2) is 0 Å². The molecule has 2 aromatic rings. The predicted molar refractivity (Wildman–Crippen MR) is 97.8 cm³/mol. The lowest BCUT2D eigenvalue weighted by Gasteiger charge is -2.23. The number of ether oxygens (including phenoxy) is 2. The molecule has 1 amide bonds. The summed E-state index contributed by atoms with van der Waals surface area (Å²) >= 11 is 0. The van der Waals surface area contributed by atoms with E-state index in [9.17, 15) is 4.79 Å². The number of carbonyl (C=O) groups is 1. The van der Waals surface area contributed by atoms with Gasteiger partial charge in [-0.2, -0.15) is 0 Å². The number of nitrogens with zero attached hydrogens (tertiary/aromatic N) is 2. The van der Waals surface area contributed by atoms with Crippen LogP contribution in [0.15, 0.2) is 48.7 Å². The van der Waals surface area contributed by atoms with E-state index in [1.807, 2.05) is 54.3 Å². The Balaban J connectivity index is 1.34. The molecule has 2 saturated heterocycles. The van der Waals surface area contributed by atoms with Crippen LogP contribution in [0, 0.1) is 6.92 Å². The summed E-state index contributed by atoms with van der Waals surface area (Å²) in [7, 11) is 0. The first-order valence-corrected chi connectivity index (χ1v) is 9.15. The molecule has 0 bridgehead atoms. The first-order chi connectivity index (χ1) is 12.6. The number of carbonyl (C=O) groups excluding carboxylic acids is 1. The summed E-state index contributed by atoms with van der Waals surface area (Å²) in [6, 6.07) is 13.6. The molecule has 0 N–H and O–H groups in total. The third-order valence-electron chi connectivity index (χ3n) is 5.24. The van der Waals surface area contributed by atoms with Crippen LogP contribution in [0.1, 0.15) is 34.5 Å². The molecule has 1 aromatic carbocycles. The Morgan fingerprint density at radius 1 is 1.35 bits per heavy atom. The molecule has 2 aliphatic heterocycles. The van der Waals surface area contributed by atoms with Gasteiger partial charge in [0, 0.05) is 24.7 Å². The fourth-order valence-corrected chi connectivity index (χ4v) is 3.86. The standard InChI is InChI=1S/C21H24N2O3/c1-16-5-4-6-17(11-16)20(24)23-10-8-21(15-23)12-19(14-26-21)25-13-18-7-2-3-9-22-18/h2-7,9,11,19H,8,10,12-15H2,1H3/t19-,21-/m0/s1. The van der Waals surface area contributed by atoms with Crippen LogP contribution in [0.5, 0.6) is 0 Å². The van der Waals surface area contributed by atoms with E-state index in [-0.39, 0.29) is 17.6 Å². The molecule has 5 heteroatoms. The van der Waals surface area contributed by atoms with E-state index in [0.29, 0.717) is 19.8 Å². The van der Waals surface area contributed by atoms with Crippen LogP contribution in [0.3, 0.4) is 0 Å². The lowest BCUT2D eigenvalue weighted by molar-refractivity contribution is -0.000101. The Morgan fingerprint density at radius 2 is 2.27 bits per heavy atom. The van der Waals surface area contributed by atoms with Gasteiger partial charge >= 0.3 is 0 Å². The quantitative estimate of drug-likeness (QED) is 0.849. The summed E-state index contributed by atoms with van der Waals surface area (Å²) in [6.45, 7) is 4.46. The molecule has 136 valence electrons. The Kier molecular flexibility index (Phi) is 4.74. The van der Waals surface area contributed by atoms with E-state index in [0.717, 1.165) is 36.2 Å². The molecule has 0 saturated carbocycles. The zero-order valence-corrected chi connectivity index (χ0v) is 15.1. The zero-order chi connectivity index (χ0) is 18.0. The van der Waals surface area contributed by atoms with Crippen molar-refractivity contribution in [3.63, 3.8) is 0 Å².